The Morgan fingerprint density at radius 3 is 2.40 bits per heavy atom. The molecule has 11 heteroatoms. The molecular weight excluding hydrogens is 454 g/mol. The van der Waals surface area contributed by atoms with Crippen molar-refractivity contribution in [1.29, 1.82) is 0 Å². The highest BCUT2D eigenvalue weighted by Crippen LogP contribution is 2.31. The molecule has 176 valence electrons. The molecule has 3 aromatic carbocycles. The number of rotatable bonds is 9. The minimum atomic E-state index is -1.06. The lowest BCUT2D eigenvalue weighted by Gasteiger charge is -2.15. The van der Waals surface area contributed by atoms with Crippen molar-refractivity contribution in [1.82, 2.24) is 4.98 Å². The lowest BCUT2D eigenvalue weighted by Crippen LogP contribution is -2.18. The number of hydrazone groups is 1. The van der Waals surface area contributed by atoms with Crippen LogP contribution in [-0.2, 0) is 4.79 Å². The number of para-hydroxylation sites is 1. The van der Waals surface area contributed by atoms with E-state index in [1.54, 1.807) is 36.5 Å². The first-order chi connectivity index (χ1) is 16.8. The van der Waals surface area contributed by atoms with Gasteiger partial charge in [-0.3, -0.25) is 30.4 Å². The molecule has 0 aliphatic carbocycles. The summed E-state index contributed by atoms with van der Waals surface area (Å²) in [5, 5.41) is 37.6. The average molecular weight is 473 g/mol. The van der Waals surface area contributed by atoms with Gasteiger partial charge in [-0.25, -0.2) is 0 Å². The number of hydrogen-bond donors (Lipinski definition) is 3. The smallest absolute Gasteiger partial charge is 0.311 e. The monoisotopic (exact) mass is 473 g/mol. The van der Waals surface area contributed by atoms with Crippen LogP contribution in [0.4, 0.5) is 17.1 Å². The number of anilines is 1. The van der Waals surface area contributed by atoms with E-state index in [1.807, 2.05) is 24.3 Å². The maximum atomic E-state index is 12.3. The van der Waals surface area contributed by atoms with Crippen LogP contribution < -0.4 is 5.43 Å². The highest BCUT2D eigenvalue weighted by molar-refractivity contribution is 6.04. The molecular formula is C24H19N5O6. The molecule has 0 saturated carbocycles. The van der Waals surface area contributed by atoms with E-state index in [2.05, 4.69) is 15.5 Å². The van der Waals surface area contributed by atoms with E-state index in [4.69, 9.17) is 0 Å². The summed E-state index contributed by atoms with van der Waals surface area (Å²) in [6.07, 6.45) is 1.63. The van der Waals surface area contributed by atoms with Gasteiger partial charge < -0.3 is 10.1 Å². The molecule has 0 aliphatic rings. The first-order valence-electron chi connectivity index (χ1n) is 10.4. The zero-order chi connectivity index (χ0) is 24.9. The van der Waals surface area contributed by atoms with Crippen LogP contribution in [0.5, 0.6) is 0 Å². The van der Waals surface area contributed by atoms with E-state index in [0.717, 1.165) is 23.0 Å². The normalized spacial score (nSPS) is 12.3. The standard InChI is InChI=1S/C24H19N5O6/c30-24(31)18(19-14-25-20-9-5-4-8-17(19)20)13-22(15-6-2-1-3-7-15)27-26-21-11-10-16(28(32)33)12-23(21)29(34)35/h1-12,14,18,25-26H,13H2,(H,30,31)/b27-22+/t18-/m0/s1. The van der Waals surface area contributed by atoms with Crippen molar-refractivity contribution < 1.29 is 19.7 Å². The zero-order valence-electron chi connectivity index (χ0n) is 18.1. The number of H-pyrrole nitrogens is 1. The summed E-state index contributed by atoms with van der Waals surface area (Å²) >= 11 is 0. The van der Waals surface area contributed by atoms with Crippen LogP contribution in [0.3, 0.4) is 0 Å². The minimum absolute atomic E-state index is 0.0189. The third-order valence-electron chi connectivity index (χ3n) is 5.50. The van der Waals surface area contributed by atoms with Crippen molar-refractivity contribution in [3.63, 3.8) is 0 Å². The lowest BCUT2D eigenvalue weighted by atomic mass is 9.91. The van der Waals surface area contributed by atoms with E-state index in [1.165, 1.54) is 6.07 Å². The minimum Gasteiger partial charge on any atom is -0.481 e. The van der Waals surface area contributed by atoms with E-state index < -0.39 is 33.1 Å². The number of fused-ring (bicyclic) bond motifs is 1. The summed E-state index contributed by atoms with van der Waals surface area (Å²) < 4.78 is 0. The molecule has 0 aliphatic heterocycles. The summed E-state index contributed by atoms with van der Waals surface area (Å²) in [6.45, 7) is 0. The average Bonchev–Trinajstić information content (AvgIpc) is 3.28. The molecule has 0 saturated heterocycles. The van der Waals surface area contributed by atoms with Gasteiger partial charge in [-0.2, -0.15) is 5.10 Å². The Balaban J connectivity index is 1.74. The van der Waals surface area contributed by atoms with Crippen LogP contribution in [-0.4, -0.2) is 31.6 Å². The Labute approximate surface area is 198 Å². The molecule has 0 radical (unpaired) electrons. The largest absolute Gasteiger partial charge is 0.481 e. The van der Waals surface area contributed by atoms with E-state index in [-0.39, 0.29) is 12.1 Å². The van der Waals surface area contributed by atoms with Crippen LogP contribution in [0.25, 0.3) is 10.9 Å². The van der Waals surface area contributed by atoms with E-state index in [9.17, 15) is 30.1 Å². The molecule has 1 atom stereocenters. The molecule has 11 nitrogen and oxygen atoms in total. The van der Waals surface area contributed by atoms with E-state index >= 15 is 0 Å². The highest BCUT2D eigenvalue weighted by atomic mass is 16.6. The SMILES string of the molecule is O=C(O)[C@@H](C/C(=N\Nc1ccc([N+](=O)[O-])cc1[N+](=O)[O-])c1ccccc1)c1c[nH]c2ccccc12. The summed E-state index contributed by atoms with van der Waals surface area (Å²) in [6, 6.07) is 19.3. The lowest BCUT2D eigenvalue weighted by molar-refractivity contribution is -0.393. The van der Waals surface area contributed by atoms with Crippen molar-refractivity contribution >= 4 is 39.6 Å². The van der Waals surface area contributed by atoms with Gasteiger partial charge in [0.05, 0.1) is 27.5 Å². The number of nitro benzene ring substituents is 2. The first-order valence-corrected chi connectivity index (χ1v) is 10.4. The number of nitro groups is 2. The first kappa shape index (κ1) is 23.1. The molecule has 0 bridgehead atoms. The van der Waals surface area contributed by atoms with Gasteiger partial charge in [0.15, 0.2) is 0 Å². The maximum absolute atomic E-state index is 12.3. The molecule has 4 aromatic rings. The number of benzene rings is 3. The molecule has 3 N–H and O–H groups in total. The van der Waals surface area contributed by atoms with E-state index in [0.29, 0.717) is 16.8 Å². The fourth-order valence-corrected chi connectivity index (χ4v) is 3.77. The molecule has 1 heterocycles. The van der Waals surface area contributed by atoms with Crippen LogP contribution in [0.15, 0.2) is 84.1 Å². The third-order valence-corrected chi connectivity index (χ3v) is 5.50. The summed E-state index contributed by atoms with van der Waals surface area (Å²) in [7, 11) is 0. The second-order valence-electron chi connectivity index (χ2n) is 7.64. The molecule has 4 rings (SSSR count). The molecule has 0 unspecified atom stereocenters. The number of nitrogens with one attached hydrogen (secondary N) is 2. The van der Waals surface area contributed by atoms with Crippen LogP contribution >= 0.6 is 0 Å². The summed E-state index contributed by atoms with van der Waals surface area (Å²) in [5.74, 6) is -2.02. The Bertz CT molecular complexity index is 1450. The number of carboxylic acid groups (broad SMARTS) is 1. The Morgan fingerprint density at radius 2 is 1.71 bits per heavy atom. The molecule has 0 amide bonds. The zero-order valence-corrected chi connectivity index (χ0v) is 18.1. The molecule has 0 spiro atoms. The topological polar surface area (TPSA) is 164 Å². The Kier molecular flexibility index (Phi) is 6.49. The van der Waals surface area contributed by atoms with Crippen molar-refractivity contribution in [3.05, 3.63) is 110 Å². The predicted molar refractivity (Wildman–Crippen MR) is 130 cm³/mol. The van der Waals surface area contributed by atoms with Crippen LogP contribution in [0.1, 0.15) is 23.5 Å². The van der Waals surface area contributed by atoms with Gasteiger partial charge in [-0.15, -0.1) is 0 Å². The highest BCUT2D eigenvalue weighted by Gasteiger charge is 2.26. The predicted octanol–water partition coefficient (Wildman–Crippen LogP) is 5.06. The summed E-state index contributed by atoms with van der Waals surface area (Å²) in [4.78, 5) is 36.4. The number of non-ortho nitro benzene ring substituents is 1. The van der Waals surface area contributed by atoms with Gasteiger partial charge in [0.2, 0.25) is 0 Å². The number of aromatic amines is 1. The number of hydrogen-bond acceptors (Lipinski definition) is 7. The quantitative estimate of drug-likeness (QED) is 0.174. The third kappa shape index (κ3) is 4.98. The number of nitrogens with zero attached hydrogens (tertiary/aromatic N) is 3. The Hall–Kier alpha value is -5.06. The van der Waals surface area contributed by atoms with Crippen molar-refractivity contribution in [2.24, 2.45) is 5.10 Å². The molecule has 1 aromatic heterocycles. The summed E-state index contributed by atoms with van der Waals surface area (Å²) in [5.41, 5.74) is 3.93. The second kappa shape index (κ2) is 9.83. The van der Waals surface area contributed by atoms with Crippen molar-refractivity contribution in [3.8, 4) is 0 Å². The van der Waals surface area contributed by atoms with Crippen molar-refractivity contribution in [2.75, 3.05) is 5.43 Å². The number of aromatic nitrogens is 1. The fraction of sp³-hybridized carbons (Fsp3) is 0.0833. The van der Waals surface area contributed by atoms with Crippen molar-refractivity contribution in [2.45, 2.75) is 12.3 Å². The molecule has 35 heavy (non-hydrogen) atoms. The fourth-order valence-electron chi connectivity index (χ4n) is 3.77. The molecule has 0 fully saturated rings. The van der Waals surface area contributed by atoms with Crippen LogP contribution in [0.2, 0.25) is 0 Å². The van der Waals surface area contributed by atoms with Gasteiger partial charge in [0, 0.05) is 29.6 Å². The number of carboxylic acids is 1. The van der Waals surface area contributed by atoms with Gasteiger partial charge >= 0.3 is 11.7 Å². The van der Waals surface area contributed by atoms with Gasteiger partial charge in [0.25, 0.3) is 5.69 Å². The maximum Gasteiger partial charge on any atom is 0.311 e. The van der Waals surface area contributed by atoms with Crippen LogP contribution in [0, 0.1) is 20.2 Å². The van der Waals surface area contributed by atoms with Gasteiger partial charge in [0.1, 0.15) is 5.69 Å². The number of carbonyl (C=O) groups is 1. The Morgan fingerprint density at radius 1 is 1.00 bits per heavy atom. The van der Waals surface area contributed by atoms with Gasteiger partial charge in [-0.1, -0.05) is 48.5 Å². The van der Waals surface area contributed by atoms with Gasteiger partial charge in [-0.05, 0) is 23.3 Å². The second-order valence-corrected chi connectivity index (χ2v) is 7.64. The number of aliphatic carboxylic acids is 1.